The maximum absolute atomic E-state index is 12.0. The number of nitrogens with one attached hydrogen (secondary N) is 1. The molecule has 0 aliphatic rings. The predicted octanol–water partition coefficient (Wildman–Crippen LogP) is 0.602. The van der Waals surface area contributed by atoms with Crippen molar-refractivity contribution in [3.63, 3.8) is 0 Å². The summed E-state index contributed by atoms with van der Waals surface area (Å²) in [4.78, 5) is 20.2. The fourth-order valence-electron chi connectivity index (χ4n) is 1.39. The molecule has 0 heterocycles. The number of carboxylic acid groups (broad SMARTS) is 1. The monoisotopic (exact) mass is 318 g/mol. The Kier molecular flexibility index (Phi) is 5.22. The van der Waals surface area contributed by atoms with Gasteiger partial charge < -0.3 is 9.84 Å². The fraction of sp³-hybridized carbons (Fsp3) is 0.364. The van der Waals surface area contributed by atoms with Crippen LogP contribution >= 0.6 is 0 Å². The second kappa shape index (κ2) is 6.50. The van der Waals surface area contributed by atoms with Gasteiger partial charge in [0.1, 0.15) is 5.75 Å². The number of ether oxygens (including phenoxy) is 1. The molecule has 2 N–H and O–H groups in total. The van der Waals surface area contributed by atoms with Crippen LogP contribution in [0.2, 0.25) is 0 Å². The van der Waals surface area contributed by atoms with Gasteiger partial charge in [0, 0.05) is 6.54 Å². The third-order valence-corrected chi connectivity index (χ3v) is 4.12. The lowest BCUT2D eigenvalue weighted by Gasteiger charge is -2.10. The Bertz CT molecular complexity index is 657. The zero-order valence-electron chi connectivity index (χ0n) is 11.3. The Morgan fingerprint density at radius 1 is 1.52 bits per heavy atom. The molecule has 0 radical (unpaired) electrons. The third-order valence-electron chi connectivity index (χ3n) is 2.65. The van der Waals surface area contributed by atoms with E-state index in [0.717, 1.165) is 12.1 Å². The molecule has 0 bridgehead atoms. The number of hydrogen-bond acceptors (Lipinski definition) is 6. The van der Waals surface area contributed by atoms with Crippen LogP contribution in [0.3, 0.4) is 0 Å². The summed E-state index contributed by atoms with van der Waals surface area (Å²) in [7, 11) is -2.91. The maximum atomic E-state index is 12.0. The summed E-state index contributed by atoms with van der Waals surface area (Å²) in [5.41, 5.74) is -0.648. The predicted molar refractivity (Wildman–Crippen MR) is 71.6 cm³/mol. The first-order valence-electron chi connectivity index (χ1n) is 5.74. The molecule has 1 aromatic carbocycles. The summed E-state index contributed by atoms with van der Waals surface area (Å²) in [6, 6.07) is 3.28. The molecule has 10 heteroatoms. The summed E-state index contributed by atoms with van der Waals surface area (Å²) >= 11 is 0. The molecular weight excluding hydrogens is 304 g/mol. The van der Waals surface area contributed by atoms with Gasteiger partial charge in [-0.05, 0) is 12.1 Å². The number of hydrogen-bond donors (Lipinski definition) is 2. The molecule has 9 nitrogen and oxygen atoms in total. The van der Waals surface area contributed by atoms with E-state index >= 15 is 0 Å². The van der Waals surface area contributed by atoms with Crippen LogP contribution in [0, 0.1) is 16.0 Å². The highest BCUT2D eigenvalue weighted by molar-refractivity contribution is 7.89. The van der Waals surface area contributed by atoms with E-state index in [4.69, 9.17) is 9.84 Å². The van der Waals surface area contributed by atoms with Gasteiger partial charge in [0.05, 0.1) is 24.0 Å². The minimum Gasteiger partial charge on any atom is -0.497 e. The molecule has 0 aromatic heterocycles. The van der Waals surface area contributed by atoms with Gasteiger partial charge in [0.25, 0.3) is 5.69 Å². The summed E-state index contributed by atoms with van der Waals surface area (Å²) in [5, 5.41) is 19.6. The Balaban J connectivity index is 3.13. The molecule has 0 saturated heterocycles. The van der Waals surface area contributed by atoms with Crippen molar-refractivity contribution in [3.8, 4) is 5.75 Å². The molecule has 1 unspecified atom stereocenters. The van der Waals surface area contributed by atoms with E-state index in [2.05, 4.69) is 0 Å². The van der Waals surface area contributed by atoms with Gasteiger partial charge in [-0.15, -0.1) is 0 Å². The molecule has 0 amide bonds. The summed E-state index contributed by atoms with van der Waals surface area (Å²) in [6.45, 7) is 0.939. The highest BCUT2D eigenvalue weighted by atomic mass is 32.2. The molecule has 0 saturated carbocycles. The Labute approximate surface area is 120 Å². The van der Waals surface area contributed by atoms with Crippen LogP contribution in [-0.4, -0.2) is 38.1 Å². The number of carboxylic acids is 1. The molecule has 0 spiro atoms. The standard InChI is InChI=1S/C11H14N2O7S/c1-7(11(14)15)6-12-21(18,19)10-4-3-8(20-2)5-9(10)13(16)17/h3-5,7,12H,6H2,1-2H3,(H,14,15). The molecule has 0 fully saturated rings. The van der Waals surface area contributed by atoms with Crippen LogP contribution in [0.5, 0.6) is 5.75 Å². The average Bonchev–Trinajstić information content (AvgIpc) is 2.43. The lowest BCUT2D eigenvalue weighted by atomic mass is 10.2. The lowest BCUT2D eigenvalue weighted by Crippen LogP contribution is -2.31. The van der Waals surface area contributed by atoms with Crippen LogP contribution in [-0.2, 0) is 14.8 Å². The SMILES string of the molecule is COc1ccc(S(=O)(=O)NCC(C)C(=O)O)c([N+](=O)[O-])c1. The van der Waals surface area contributed by atoms with Gasteiger partial charge in [-0.2, -0.15) is 0 Å². The molecule has 21 heavy (non-hydrogen) atoms. The van der Waals surface area contributed by atoms with E-state index in [1.807, 2.05) is 4.72 Å². The van der Waals surface area contributed by atoms with Crippen LogP contribution in [0.4, 0.5) is 5.69 Å². The average molecular weight is 318 g/mol. The fourth-order valence-corrected chi connectivity index (χ4v) is 2.67. The maximum Gasteiger partial charge on any atom is 0.307 e. The number of methoxy groups -OCH3 is 1. The van der Waals surface area contributed by atoms with E-state index in [1.165, 1.54) is 20.1 Å². The van der Waals surface area contributed by atoms with Gasteiger partial charge in [-0.25, -0.2) is 13.1 Å². The molecule has 0 aliphatic carbocycles. The number of nitro benzene ring substituents is 1. The van der Waals surface area contributed by atoms with Gasteiger partial charge in [0.2, 0.25) is 10.0 Å². The normalized spacial score (nSPS) is 12.7. The van der Waals surface area contributed by atoms with E-state index < -0.39 is 37.4 Å². The smallest absolute Gasteiger partial charge is 0.307 e. The van der Waals surface area contributed by atoms with E-state index in [-0.39, 0.29) is 12.3 Å². The van der Waals surface area contributed by atoms with Gasteiger partial charge in [-0.1, -0.05) is 6.92 Å². The van der Waals surface area contributed by atoms with Crippen molar-refractivity contribution in [2.45, 2.75) is 11.8 Å². The van der Waals surface area contributed by atoms with Gasteiger partial charge in [-0.3, -0.25) is 14.9 Å². The van der Waals surface area contributed by atoms with Crippen LogP contribution in [0.25, 0.3) is 0 Å². The summed E-state index contributed by atoms with van der Waals surface area (Å²) in [5.74, 6) is -2.00. The lowest BCUT2D eigenvalue weighted by molar-refractivity contribution is -0.387. The molecule has 1 atom stereocenters. The van der Waals surface area contributed by atoms with E-state index in [9.17, 15) is 23.3 Å². The number of rotatable bonds is 7. The quantitative estimate of drug-likeness (QED) is 0.555. The van der Waals surface area contributed by atoms with Crippen molar-refractivity contribution in [2.75, 3.05) is 13.7 Å². The molecule has 116 valence electrons. The van der Waals surface area contributed by atoms with Gasteiger partial charge >= 0.3 is 5.97 Å². The first-order valence-corrected chi connectivity index (χ1v) is 7.22. The second-order valence-electron chi connectivity index (χ2n) is 4.18. The Morgan fingerprint density at radius 3 is 2.62 bits per heavy atom. The topological polar surface area (TPSA) is 136 Å². The largest absolute Gasteiger partial charge is 0.497 e. The van der Waals surface area contributed by atoms with E-state index in [1.54, 1.807) is 0 Å². The second-order valence-corrected chi connectivity index (χ2v) is 5.92. The van der Waals surface area contributed by atoms with E-state index in [0.29, 0.717) is 0 Å². The van der Waals surface area contributed by atoms with Crippen molar-refractivity contribution < 1.29 is 28.0 Å². The molecule has 0 aliphatic heterocycles. The molecular formula is C11H14N2O7S. The van der Waals surface area contributed by atoms with Crippen molar-refractivity contribution in [2.24, 2.45) is 5.92 Å². The van der Waals surface area contributed by atoms with Crippen LogP contribution in [0.15, 0.2) is 23.1 Å². The van der Waals surface area contributed by atoms with Crippen molar-refractivity contribution in [1.29, 1.82) is 0 Å². The third kappa shape index (κ3) is 4.13. The number of nitro groups is 1. The Hall–Kier alpha value is -2.20. The minimum atomic E-state index is -4.20. The highest BCUT2D eigenvalue weighted by Crippen LogP contribution is 2.28. The van der Waals surface area contributed by atoms with Crippen molar-refractivity contribution >= 4 is 21.7 Å². The molecule has 1 aromatic rings. The van der Waals surface area contributed by atoms with Crippen molar-refractivity contribution in [1.82, 2.24) is 4.72 Å². The highest BCUT2D eigenvalue weighted by Gasteiger charge is 2.27. The first-order chi connectivity index (χ1) is 9.69. The van der Waals surface area contributed by atoms with Crippen LogP contribution < -0.4 is 9.46 Å². The zero-order valence-corrected chi connectivity index (χ0v) is 12.1. The number of carbonyl (C=O) groups is 1. The Morgan fingerprint density at radius 2 is 2.14 bits per heavy atom. The van der Waals surface area contributed by atoms with Crippen molar-refractivity contribution in [3.05, 3.63) is 28.3 Å². The van der Waals surface area contributed by atoms with Gasteiger partial charge in [0.15, 0.2) is 4.90 Å². The minimum absolute atomic E-state index is 0.138. The number of nitrogens with zero attached hydrogens (tertiary/aromatic N) is 1. The number of benzene rings is 1. The van der Waals surface area contributed by atoms with Crippen LogP contribution in [0.1, 0.15) is 6.92 Å². The number of aliphatic carboxylic acids is 1. The molecule has 1 rings (SSSR count). The first kappa shape index (κ1) is 16.9. The zero-order chi connectivity index (χ0) is 16.2. The number of sulfonamides is 1. The summed E-state index contributed by atoms with van der Waals surface area (Å²) < 4.78 is 30.9. The summed E-state index contributed by atoms with van der Waals surface area (Å²) in [6.07, 6.45) is 0.